The van der Waals surface area contributed by atoms with Crippen LogP contribution in [0.2, 0.25) is 0 Å². The molecule has 2 saturated carbocycles. The van der Waals surface area contributed by atoms with Gasteiger partial charge in [0.15, 0.2) is 0 Å². The van der Waals surface area contributed by atoms with Crippen LogP contribution in [0.25, 0.3) is 0 Å². The highest BCUT2D eigenvalue weighted by atomic mass is 32.2. The fourth-order valence-electron chi connectivity index (χ4n) is 3.44. The van der Waals surface area contributed by atoms with E-state index in [9.17, 15) is 12.8 Å². The summed E-state index contributed by atoms with van der Waals surface area (Å²) in [5.74, 6) is 0.799. The lowest BCUT2D eigenvalue weighted by Gasteiger charge is -2.22. The fraction of sp³-hybridized carbons (Fsp3) is 0.571. The molecule has 5 heteroatoms. The van der Waals surface area contributed by atoms with E-state index >= 15 is 0 Å². The summed E-state index contributed by atoms with van der Waals surface area (Å²) >= 11 is 0. The summed E-state index contributed by atoms with van der Waals surface area (Å²) in [5.41, 5.74) is 0.357. The van der Waals surface area contributed by atoms with Crippen molar-refractivity contribution in [3.05, 3.63) is 29.6 Å². The Hall–Kier alpha value is -0.940. The first-order valence-corrected chi connectivity index (χ1v) is 8.22. The monoisotopic (exact) mass is 283 g/mol. The van der Waals surface area contributed by atoms with E-state index in [0.29, 0.717) is 17.4 Å². The third kappa shape index (κ3) is 2.41. The molecule has 0 saturated heterocycles. The van der Waals surface area contributed by atoms with Crippen LogP contribution >= 0.6 is 0 Å². The predicted octanol–water partition coefficient (Wildman–Crippen LogP) is 2.60. The molecule has 2 aliphatic carbocycles. The summed E-state index contributed by atoms with van der Waals surface area (Å²) in [6.07, 6.45) is 4.46. The first kappa shape index (κ1) is 13.1. The van der Waals surface area contributed by atoms with Gasteiger partial charge in [-0.05, 0) is 61.8 Å². The zero-order valence-electron chi connectivity index (χ0n) is 10.9. The van der Waals surface area contributed by atoms with Gasteiger partial charge >= 0.3 is 0 Å². The summed E-state index contributed by atoms with van der Waals surface area (Å²) in [5, 5.41) is 0. The van der Waals surface area contributed by atoms with Crippen LogP contribution in [0.3, 0.4) is 0 Å². The average molecular weight is 283 g/mol. The van der Waals surface area contributed by atoms with Gasteiger partial charge in [0.2, 0.25) is 10.0 Å². The number of halogens is 1. The molecule has 2 aliphatic rings. The smallest absolute Gasteiger partial charge is 0.208 e. The largest absolute Gasteiger partial charge is 0.240 e. The van der Waals surface area contributed by atoms with E-state index in [1.165, 1.54) is 24.6 Å². The van der Waals surface area contributed by atoms with Crippen LogP contribution in [0.4, 0.5) is 4.39 Å². The molecule has 0 amide bonds. The van der Waals surface area contributed by atoms with E-state index in [-0.39, 0.29) is 16.8 Å². The Morgan fingerprint density at radius 2 is 2.05 bits per heavy atom. The zero-order chi connectivity index (χ0) is 13.6. The topological polar surface area (TPSA) is 46.2 Å². The van der Waals surface area contributed by atoms with Crippen LogP contribution in [-0.2, 0) is 10.0 Å². The molecule has 1 N–H and O–H groups in total. The maximum absolute atomic E-state index is 13.2. The van der Waals surface area contributed by atoms with Crippen molar-refractivity contribution >= 4 is 10.0 Å². The molecule has 0 spiro atoms. The van der Waals surface area contributed by atoms with Crippen LogP contribution in [0, 0.1) is 24.6 Å². The number of nitrogens with one attached hydrogen (secondary N) is 1. The molecule has 0 aromatic heterocycles. The molecule has 1 aromatic rings. The van der Waals surface area contributed by atoms with Gasteiger partial charge in [0, 0.05) is 6.04 Å². The standard InChI is InChI=1S/C14H18FNO2S/c1-9-6-12(4-5-13(9)15)19(17,18)16-14-8-10-2-3-11(14)7-10/h4-6,10-11,14,16H,2-3,7-8H2,1H3/t10-,11-,14+/m1/s1. The van der Waals surface area contributed by atoms with E-state index in [1.54, 1.807) is 6.92 Å². The van der Waals surface area contributed by atoms with Crippen molar-refractivity contribution in [2.45, 2.75) is 43.5 Å². The molecular weight excluding hydrogens is 265 g/mol. The molecule has 0 radical (unpaired) electrons. The Morgan fingerprint density at radius 3 is 2.63 bits per heavy atom. The minimum atomic E-state index is -3.52. The minimum absolute atomic E-state index is 0.0640. The summed E-state index contributed by atoms with van der Waals surface area (Å²) < 4.78 is 40.6. The SMILES string of the molecule is Cc1cc(S(=O)(=O)N[C@H]2C[C@@H]3CC[C@@H]2C3)ccc1F. The zero-order valence-corrected chi connectivity index (χ0v) is 11.7. The maximum Gasteiger partial charge on any atom is 0.240 e. The number of fused-ring (bicyclic) bond motifs is 2. The second kappa shape index (κ2) is 4.56. The van der Waals surface area contributed by atoms with Crippen molar-refractivity contribution in [3.63, 3.8) is 0 Å². The van der Waals surface area contributed by atoms with Gasteiger partial charge < -0.3 is 0 Å². The first-order valence-electron chi connectivity index (χ1n) is 6.74. The Bertz CT molecular complexity index is 599. The lowest BCUT2D eigenvalue weighted by atomic mass is 9.96. The molecule has 104 valence electrons. The second-order valence-corrected chi connectivity index (χ2v) is 7.53. The van der Waals surface area contributed by atoms with E-state index in [4.69, 9.17) is 0 Å². The van der Waals surface area contributed by atoms with Crippen molar-refractivity contribution in [2.75, 3.05) is 0 Å². The predicted molar refractivity (Wildman–Crippen MR) is 70.7 cm³/mol. The van der Waals surface area contributed by atoms with Gasteiger partial charge in [0.25, 0.3) is 0 Å². The molecule has 19 heavy (non-hydrogen) atoms. The highest BCUT2D eigenvalue weighted by Crippen LogP contribution is 2.44. The van der Waals surface area contributed by atoms with E-state index in [1.807, 2.05) is 0 Å². The van der Waals surface area contributed by atoms with Crippen LogP contribution in [-0.4, -0.2) is 14.5 Å². The highest BCUT2D eigenvalue weighted by Gasteiger charge is 2.41. The molecule has 2 fully saturated rings. The van der Waals surface area contributed by atoms with Crippen LogP contribution in [0.5, 0.6) is 0 Å². The number of rotatable bonds is 3. The number of sulfonamides is 1. The minimum Gasteiger partial charge on any atom is -0.208 e. The van der Waals surface area contributed by atoms with E-state index < -0.39 is 10.0 Å². The molecule has 1 aromatic carbocycles. The Kier molecular flexibility index (Phi) is 3.14. The van der Waals surface area contributed by atoms with Gasteiger partial charge in [-0.3, -0.25) is 0 Å². The molecule has 2 bridgehead atoms. The summed E-state index contributed by atoms with van der Waals surface area (Å²) in [6, 6.07) is 4.00. The lowest BCUT2D eigenvalue weighted by Crippen LogP contribution is -2.38. The average Bonchev–Trinajstić information content (AvgIpc) is 2.94. The number of aryl methyl sites for hydroxylation is 1. The maximum atomic E-state index is 13.2. The van der Waals surface area contributed by atoms with Gasteiger partial charge in [-0.1, -0.05) is 6.42 Å². The molecular formula is C14H18FNO2S. The third-order valence-corrected chi connectivity index (χ3v) is 5.97. The fourth-order valence-corrected chi connectivity index (χ4v) is 4.84. The first-order chi connectivity index (χ1) is 8.95. The summed E-state index contributed by atoms with van der Waals surface area (Å²) in [6.45, 7) is 1.58. The molecule has 3 atom stereocenters. The Balaban J connectivity index is 1.80. The Morgan fingerprint density at radius 1 is 1.26 bits per heavy atom. The van der Waals surface area contributed by atoms with Crippen molar-refractivity contribution in [1.29, 1.82) is 0 Å². The van der Waals surface area contributed by atoms with E-state index in [0.717, 1.165) is 19.3 Å². The van der Waals surface area contributed by atoms with Gasteiger partial charge in [0.05, 0.1) is 4.90 Å². The van der Waals surface area contributed by atoms with Crippen molar-refractivity contribution in [3.8, 4) is 0 Å². The molecule has 0 unspecified atom stereocenters. The van der Waals surface area contributed by atoms with Crippen LogP contribution in [0.1, 0.15) is 31.2 Å². The highest BCUT2D eigenvalue weighted by molar-refractivity contribution is 7.89. The third-order valence-electron chi connectivity index (χ3n) is 4.48. The lowest BCUT2D eigenvalue weighted by molar-refractivity contribution is 0.390. The second-order valence-electron chi connectivity index (χ2n) is 5.81. The van der Waals surface area contributed by atoms with E-state index in [2.05, 4.69) is 4.72 Å². The molecule has 3 rings (SSSR count). The summed E-state index contributed by atoms with van der Waals surface area (Å²) in [7, 11) is -3.52. The van der Waals surface area contributed by atoms with Gasteiger partial charge in [-0.2, -0.15) is 0 Å². The molecule has 3 nitrogen and oxygen atoms in total. The van der Waals surface area contributed by atoms with Gasteiger partial charge in [0.1, 0.15) is 5.82 Å². The quantitative estimate of drug-likeness (QED) is 0.927. The van der Waals surface area contributed by atoms with Crippen LogP contribution < -0.4 is 4.72 Å². The van der Waals surface area contributed by atoms with Crippen molar-refractivity contribution < 1.29 is 12.8 Å². The van der Waals surface area contributed by atoms with Gasteiger partial charge in [-0.15, -0.1) is 0 Å². The Labute approximate surface area is 113 Å². The van der Waals surface area contributed by atoms with Gasteiger partial charge in [-0.25, -0.2) is 17.5 Å². The molecule has 0 heterocycles. The molecule has 0 aliphatic heterocycles. The normalized spacial score (nSPS) is 29.9. The number of hydrogen-bond acceptors (Lipinski definition) is 2. The number of hydrogen-bond donors (Lipinski definition) is 1. The van der Waals surface area contributed by atoms with Crippen molar-refractivity contribution in [2.24, 2.45) is 11.8 Å². The summed E-state index contributed by atoms with van der Waals surface area (Å²) in [4.78, 5) is 0.161. The number of benzene rings is 1. The van der Waals surface area contributed by atoms with Crippen LogP contribution in [0.15, 0.2) is 23.1 Å². The van der Waals surface area contributed by atoms with Crippen molar-refractivity contribution in [1.82, 2.24) is 4.72 Å².